The summed E-state index contributed by atoms with van der Waals surface area (Å²) in [7, 11) is 0. The first-order chi connectivity index (χ1) is 8.79. The molecule has 0 atom stereocenters. The molecule has 3 aromatic rings. The molecule has 1 aromatic carbocycles. The van der Waals surface area contributed by atoms with Gasteiger partial charge in [-0.15, -0.1) is 0 Å². The first-order valence-corrected chi connectivity index (χ1v) is 8.62. The molecule has 0 amide bonds. The fraction of sp³-hybridized carbons (Fsp3) is 0.125. The Morgan fingerprint density at radius 1 is 1.11 bits per heavy atom. The van der Waals surface area contributed by atoms with Crippen LogP contribution in [0, 0.1) is 6.92 Å². The van der Waals surface area contributed by atoms with Crippen LogP contribution in [0.3, 0.4) is 0 Å². The maximum absolute atomic E-state index is 2.41. The molecule has 1 aliphatic rings. The van der Waals surface area contributed by atoms with E-state index in [1.807, 2.05) is 11.3 Å². The van der Waals surface area contributed by atoms with Crippen molar-refractivity contribution in [3.63, 3.8) is 0 Å². The summed E-state index contributed by atoms with van der Waals surface area (Å²) < 4.78 is 4.55. The summed E-state index contributed by atoms with van der Waals surface area (Å²) in [5, 5.41) is 2.87. The molecular formula is C16H12SSe. The Balaban J connectivity index is 1.94. The third-order valence-corrected chi connectivity index (χ3v) is 6.84. The van der Waals surface area contributed by atoms with Crippen LogP contribution in [0.5, 0.6) is 0 Å². The van der Waals surface area contributed by atoms with Gasteiger partial charge in [0, 0.05) is 0 Å². The predicted octanol–water partition coefficient (Wildman–Crippen LogP) is 4.76. The zero-order chi connectivity index (χ0) is 12.1. The van der Waals surface area contributed by atoms with E-state index >= 15 is 0 Å². The van der Waals surface area contributed by atoms with E-state index in [2.05, 4.69) is 49.4 Å². The van der Waals surface area contributed by atoms with Gasteiger partial charge in [0.05, 0.1) is 0 Å². The number of hydrogen-bond donors (Lipinski definition) is 0. The first-order valence-electron chi connectivity index (χ1n) is 6.09. The van der Waals surface area contributed by atoms with E-state index in [1.54, 1.807) is 8.70 Å². The number of rotatable bonds is 1. The first kappa shape index (κ1) is 10.8. The number of aryl methyl sites for hydroxylation is 1. The van der Waals surface area contributed by atoms with Crippen LogP contribution in [0.2, 0.25) is 0 Å². The van der Waals surface area contributed by atoms with E-state index in [9.17, 15) is 0 Å². The zero-order valence-corrected chi connectivity index (χ0v) is 12.6. The van der Waals surface area contributed by atoms with E-state index in [1.165, 1.54) is 25.9 Å². The van der Waals surface area contributed by atoms with E-state index in [0.717, 1.165) is 6.42 Å². The van der Waals surface area contributed by atoms with Crippen molar-refractivity contribution in [3.8, 4) is 0 Å². The van der Waals surface area contributed by atoms with Gasteiger partial charge < -0.3 is 0 Å². The fourth-order valence-electron chi connectivity index (χ4n) is 2.49. The molecule has 2 aromatic heterocycles. The van der Waals surface area contributed by atoms with Crippen molar-refractivity contribution in [3.05, 3.63) is 51.8 Å². The van der Waals surface area contributed by atoms with Gasteiger partial charge in [0.2, 0.25) is 0 Å². The molecule has 0 N–H and O–H groups in total. The molecule has 0 aliphatic heterocycles. The van der Waals surface area contributed by atoms with Crippen molar-refractivity contribution in [1.82, 2.24) is 0 Å². The van der Waals surface area contributed by atoms with Crippen LogP contribution in [0.1, 0.15) is 15.7 Å². The summed E-state index contributed by atoms with van der Waals surface area (Å²) in [6, 6.07) is 9.49. The molecule has 0 spiro atoms. The summed E-state index contributed by atoms with van der Waals surface area (Å²) in [4.78, 5) is 1.41. The summed E-state index contributed by atoms with van der Waals surface area (Å²) in [5.41, 5.74) is 1.52. The molecule has 0 bridgehead atoms. The van der Waals surface area contributed by atoms with Crippen molar-refractivity contribution >= 4 is 51.1 Å². The third kappa shape index (κ3) is 1.65. The quantitative estimate of drug-likeness (QED) is 0.568. The topological polar surface area (TPSA) is 0 Å². The van der Waals surface area contributed by atoms with Crippen LogP contribution < -0.4 is 0 Å². The molecule has 0 saturated heterocycles. The summed E-state index contributed by atoms with van der Waals surface area (Å²) in [5.74, 6) is 0. The van der Waals surface area contributed by atoms with Crippen LogP contribution in [0.25, 0.3) is 25.3 Å². The normalized spacial score (nSPS) is 14.8. The molecule has 0 saturated carbocycles. The Morgan fingerprint density at radius 2 is 2.06 bits per heavy atom. The second kappa shape index (κ2) is 3.96. The maximum atomic E-state index is 2.41. The summed E-state index contributed by atoms with van der Waals surface area (Å²) in [6.45, 7) is 2.19. The van der Waals surface area contributed by atoms with E-state index < -0.39 is 0 Å². The van der Waals surface area contributed by atoms with E-state index in [4.69, 9.17) is 0 Å². The van der Waals surface area contributed by atoms with Crippen LogP contribution in [0.4, 0.5) is 0 Å². The second-order valence-corrected chi connectivity index (χ2v) is 8.28. The van der Waals surface area contributed by atoms with Crippen LogP contribution in [-0.2, 0) is 0 Å². The van der Waals surface area contributed by atoms with Gasteiger partial charge in [0.15, 0.2) is 0 Å². The Bertz CT molecular complexity index is 763. The molecule has 0 unspecified atom stereocenters. The minimum atomic E-state index is 0.497. The van der Waals surface area contributed by atoms with Gasteiger partial charge >= 0.3 is 116 Å². The zero-order valence-electron chi connectivity index (χ0n) is 10.1. The predicted molar refractivity (Wildman–Crippen MR) is 82.7 cm³/mol. The van der Waals surface area contributed by atoms with Crippen molar-refractivity contribution in [1.29, 1.82) is 0 Å². The molecule has 0 fully saturated rings. The molecule has 88 valence electrons. The number of benzene rings is 1. The molecule has 1 aliphatic carbocycles. The van der Waals surface area contributed by atoms with Gasteiger partial charge in [0.25, 0.3) is 0 Å². The number of fused-ring (bicyclic) bond motifs is 2. The third-order valence-electron chi connectivity index (χ3n) is 3.37. The average Bonchev–Trinajstić information content (AvgIpc) is 3.02. The number of thiophene rings is 1. The SMILES string of the molecule is Cc1cc2cc3[se]c(C4=CC=CC4)cc3cc2s1. The van der Waals surface area contributed by atoms with E-state index in [-0.39, 0.29) is 0 Å². The average molecular weight is 315 g/mol. The summed E-state index contributed by atoms with van der Waals surface area (Å²) in [6.07, 6.45) is 7.81. The molecule has 0 nitrogen and oxygen atoms in total. The van der Waals surface area contributed by atoms with Crippen LogP contribution >= 0.6 is 11.3 Å². The van der Waals surface area contributed by atoms with Gasteiger partial charge in [-0.05, 0) is 0 Å². The number of hydrogen-bond acceptors (Lipinski definition) is 1. The van der Waals surface area contributed by atoms with Crippen molar-refractivity contribution in [2.75, 3.05) is 0 Å². The van der Waals surface area contributed by atoms with E-state index in [0.29, 0.717) is 14.5 Å². The van der Waals surface area contributed by atoms with Crippen molar-refractivity contribution in [2.24, 2.45) is 0 Å². The standard InChI is InChI=1S/C16H12SSe/c1-10-6-12-8-16-13(7-14(12)17-10)9-15(18-16)11-4-2-3-5-11/h2-4,6-9H,5H2,1H3. The molecular weight excluding hydrogens is 303 g/mol. The molecule has 0 radical (unpaired) electrons. The van der Waals surface area contributed by atoms with Gasteiger partial charge in [0.1, 0.15) is 0 Å². The fourth-order valence-corrected chi connectivity index (χ4v) is 5.81. The van der Waals surface area contributed by atoms with Gasteiger partial charge in [-0.3, -0.25) is 0 Å². The Morgan fingerprint density at radius 3 is 2.89 bits per heavy atom. The van der Waals surface area contributed by atoms with Gasteiger partial charge in [-0.25, -0.2) is 0 Å². The Kier molecular flexibility index (Phi) is 2.38. The number of allylic oxidation sites excluding steroid dienone is 4. The molecule has 2 heteroatoms. The van der Waals surface area contributed by atoms with Crippen molar-refractivity contribution in [2.45, 2.75) is 13.3 Å². The van der Waals surface area contributed by atoms with Crippen molar-refractivity contribution < 1.29 is 0 Å². The molecule has 2 heterocycles. The van der Waals surface area contributed by atoms with Crippen LogP contribution in [-0.4, -0.2) is 14.5 Å². The van der Waals surface area contributed by atoms with Gasteiger partial charge in [-0.2, -0.15) is 0 Å². The summed E-state index contributed by atoms with van der Waals surface area (Å²) >= 11 is 2.40. The Hall–Kier alpha value is -1.08. The van der Waals surface area contributed by atoms with Gasteiger partial charge in [-0.1, -0.05) is 0 Å². The molecule has 4 rings (SSSR count). The van der Waals surface area contributed by atoms with Crippen LogP contribution in [0.15, 0.2) is 42.5 Å². The second-order valence-electron chi connectivity index (χ2n) is 4.72. The monoisotopic (exact) mass is 316 g/mol. The molecule has 18 heavy (non-hydrogen) atoms. The Labute approximate surface area is 116 Å². The minimum absolute atomic E-state index is 0.497.